The number of benzene rings is 1. The molecule has 1 atom stereocenters. The standard InChI is InChI=1S/C14H15F2N3O2/c1-2-11(12-17-6-7-18-12)19-13(20)9-4-3-5-10(8-9)21-14(15)16/h3-8,11,14H,2H2,1H3,(H,17,18)(H,19,20). The molecule has 0 radical (unpaired) electrons. The summed E-state index contributed by atoms with van der Waals surface area (Å²) >= 11 is 0. The molecule has 0 saturated carbocycles. The molecule has 5 nitrogen and oxygen atoms in total. The van der Waals surface area contributed by atoms with Crippen molar-refractivity contribution in [2.45, 2.75) is 26.0 Å². The van der Waals surface area contributed by atoms with Crippen LogP contribution in [0.2, 0.25) is 0 Å². The van der Waals surface area contributed by atoms with E-state index < -0.39 is 6.61 Å². The Morgan fingerprint density at radius 1 is 1.48 bits per heavy atom. The molecule has 1 unspecified atom stereocenters. The number of hydrogen-bond donors (Lipinski definition) is 2. The van der Waals surface area contributed by atoms with E-state index in [4.69, 9.17) is 0 Å². The van der Waals surface area contributed by atoms with Gasteiger partial charge in [-0.25, -0.2) is 4.98 Å². The van der Waals surface area contributed by atoms with E-state index in [1.165, 1.54) is 24.3 Å². The van der Waals surface area contributed by atoms with Crippen LogP contribution in [0.15, 0.2) is 36.7 Å². The number of aromatic nitrogens is 2. The Kier molecular flexibility index (Phi) is 4.86. The monoisotopic (exact) mass is 295 g/mol. The van der Waals surface area contributed by atoms with E-state index in [9.17, 15) is 13.6 Å². The Morgan fingerprint density at radius 2 is 2.29 bits per heavy atom. The summed E-state index contributed by atoms with van der Waals surface area (Å²) in [4.78, 5) is 19.2. The van der Waals surface area contributed by atoms with Crippen molar-refractivity contribution in [3.8, 4) is 5.75 Å². The second-order valence-corrected chi connectivity index (χ2v) is 4.32. The summed E-state index contributed by atoms with van der Waals surface area (Å²) in [5.41, 5.74) is 0.248. The fourth-order valence-electron chi connectivity index (χ4n) is 1.89. The average molecular weight is 295 g/mol. The second-order valence-electron chi connectivity index (χ2n) is 4.32. The van der Waals surface area contributed by atoms with Crippen LogP contribution in [-0.4, -0.2) is 22.5 Å². The number of amides is 1. The highest BCUT2D eigenvalue weighted by atomic mass is 19.3. The van der Waals surface area contributed by atoms with E-state index >= 15 is 0 Å². The van der Waals surface area contributed by atoms with Crippen molar-refractivity contribution in [3.05, 3.63) is 48.0 Å². The van der Waals surface area contributed by atoms with Crippen molar-refractivity contribution >= 4 is 5.91 Å². The number of H-pyrrole nitrogens is 1. The highest BCUT2D eigenvalue weighted by Crippen LogP contribution is 2.17. The van der Waals surface area contributed by atoms with E-state index in [0.717, 1.165) is 0 Å². The van der Waals surface area contributed by atoms with Crippen molar-refractivity contribution in [2.24, 2.45) is 0 Å². The number of imidazole rings is 1. The van der Waals surface area contributed by atoms with Gasteiger partial charge in [-0.2, -0.15) is 8.78 Å². The lowest BCUT2D eigenvalue weighted by Crippen LogP contribution is -2.28. The lowest BCUT2D eigenvalue weighted by atomic mass is 10.1. The smallest absolute Gasteiger partial charge is 0.387 e. The Bertz CT molecular complexity index is 588. The van der Waals surface area contributed by atoms with Gasteiger partial charge >= 0.3 is 6.61 Å². The minimum absolute atomic E-state index is 0.0521. The number of aromatic amines is 1. The number of nitrogens with zero attached hydrogens (tertiary/aromatic N) is 1. The summed E-state index contributed by atoms with van der Waals surface area (Å²) in [6.07, 6.45) is 3.91. The van der Waals surface area contributed by atoms with Crippen LogP contribution in [0.25, 0.3) is 0 Å². The van der Waals surface area contributed by atoms with Gasteiger partial charge in [-0.05, 0) is 24.6 Å². The van der Waals surface area contributed by atoms with Crippen molar-refractivity contribution in [3.63, 3.8) is 0 Å². The largest absolute Gasteiger partial charge is 0.435 e. The zero-order valence-electron chi connectivity index (χ0n) is 11.3. The third-order valence-electron chi connectivity index (χ3n) is 2.88. The van der Waals surface area contributed by atoms with Gasteiger partial charge in [0, 0.05) is 18.0 Å². The van der Waals surface area contributed by atoms with Crippen molar-refractivity contribution < 1.29 is 18.3 Å². The molecule has 0 aliphatic carbocycles. The van der Waals surface area contributed by atoms with E-state index in [1.54, 1.807) is 12.4 Å². The number of nitrogens with one attached hydrogen (secondary N) is 2. The predicted octanol–water partition coefficient (Wildman–Crippen LogP) is 2.89. The molecule has 1 amide bonds. The number of halogens is 2. The van der Waals surface area contributed by atoms with E-state index in [-0.39, 0.29) is 23.3 Å². The molecular formula is C14H15F2N3O2. The molecule has 2 N–H and O–H groups in total. The third-order valence-corrected chi connectivity index (χ3v) is 2.88. The van der Waals surface area contributed by atoms with Crippen molar-refractivity contribution in [1.82, 2.24) is 15.3 Å². The Labute approximate surface area is 120 Å². The summed E-state index contributed by atoms with van der Waals surface area (Å²) in [5.74, 6) is 0.215. The summed E-state index contributed by atoms with van der Waals surface area (Å²) in [7, 11) is 0. The molecule has 0 saturated heterocycles. The maximum absolute atomic E-state index is 12.2. The van der Waals surface area contributed by atoms with E-state index in [0.29, 0.717) is 12.2 Å². The summed E-state index contributed by atoms with van der Waals surface area (Å²) in [6.45, 7) is -1.01. The number of carbonyl (C=O) groups is 1. The highest BCUT2D eigenvalue weighted by Gasteiger charge is 2.16. The number of alkyl halides is 2. The fraction of sp³-hybridized carbons (Fsp3) is 0.286. The first-order valence-corrected chi connectivity index (χ1v) is 6.45. The molecule has 1 aromatic heterocycles. The first-order valence-electron chi connectivity index (χ1n) is 6.45. The van der Waals surface area contributed by atoms with E-state index in [2.05, 4.69) is 20.0 Å². The van der Waals surface area contributed by atoms with Crippen molar-refractivity contribution in [2.75, 3.05) is 0 Å². The second kappa shape index (κ2) is 6.83. The van der Waals surface area contributed by atoms with Gasteiger partial charge < -0.3 is 15.0 Å². The molecular weight excluding hydrogens is 280 g/mol. The lowest BCUT2D eigenvalue weighted by Gasteiger charge is -2.15. The predicted molar refractivity (Wildman–Crippen MR) is 72.2 cm³/mol. The summed E-state index contributed by atoms with van der Waals surface area (Å²) < 4.78 is 28.6. The van der Waals surface area contributed by atoms with Gasteiger partial charge in [-0.1, -0.05) is 13.0 Å². The number of ether oxygens (including phenoxy) is 1. The van der Waals surface area contributed by atoms with Gasteiger partial charge in [-0.3, -0.25) is 4.79 Å². The summed E-state index contributed by atoms with van der Waals surface area (Å²) in [6, 6.07) is 5.39. The van der Waals surface area contributed by atoms with Crippen LogP contribution in [-0.2, 0) is 0 Å². The first kappa shape index (κ1) is 15.0. The molecule has 1 heterocycles. The molecule has 7 heteroatoms. The fourth-order valence-corrected chi connectivity index (χ4v) is 1.89. The molecule has 21 heavy (non-hydrogen) atoms. The van der Waals surface area contributed by atoms with Gasteiger partial charge in [0.1, 0.15) is 11.6 Å². The number of carbonyl (C=O) groups excluding carboxylic acids is 1. The highest BCUT2D eigenvalue weighted by molar-refractivity contribution is 5.94. The van der Waals surface area contributed by atoms with Crippen LogP contribution >= 0.6 is 0 Å². The van der Waals surface area contributed by atoms with Crippen molar-refractivity contribution in [1.29, 1.82) is 0 Å². The van der Waals surface area contributed by atoms with Crippen LogP contribution in [0.1, 0.15) is 35.6 Å². The number of rotatable bonds is 6. The Hall–Kier alpha value is -2.44. The molecule has 2 rings (SSSR count). The van der Waals surface area contributed by atoms with E-state index in [1.807, 2.05) is 6.92 Å². The third kappa shape index (κ3) is 4.01. The normalized spacial score (nSPS) is 12.2. The maximum atomic E-state index is 12.2. The van der Waals surface area contributed by atoms with Gasteiger partial charge in [0.05, 0.1) is 6.04 Å². The minimum atomic E-state index is -2.92. The van der Waals surface area contributed by atoms with Gasteiger partial charge in [0.15, 0.2) is 0 Å². The molecule has 0 bridgehead atoms. The SMILES string of the molecule is CCC(NC(=O)c1cccc(OC(F)F)c1)c1ncc[nH]1. The van der Waals surface area contributed by atoms with Crippen LogP contribution in [0.4, 0.5) is 8.78 Å². The number of hydrogen-bond acceptors (Lipinski definition) is 3. The first-order chi connectivity index (χ1) is 10.1. The van der Waals surface area contributed by atoms with Crippen LogP contribution in [0.5, 0.6) is 5.75 Å². The van der Waals surface area contributed by atoms with Crippen LogP contribution in [0, 0.1) is 0 Å². The quantitative estimate of drug-likeness (QED) is 0.861. The zero-order chi connectivity index (χ0) is 15.2. The summed E-state index contributed by atoms with van der Waals surface area (Å²) in [5, 5.41) is 2.79. The lowest BCUT2D eigenvalue weighted by molar-refractivity contribution is -0.0498. The molecule has 0 aliphatic heterocycles. The topological polar surface area (TPSA) is 67.0 Å². The zero-order valence-corrected chi connectivity index (χ0v) is 11.3. The molecule has 0 spiro atoms. The maximum Gasteiger partial charge on any atom is 0.387 e. The molecule has 112 valence electrons. The van der Waals surface area contributed by atoms with Gasteiger partial charge in [0.25, 0.3) is 5.91 Å². The van der Waals surface area contributed by atoms with Gasteiger partial charge in [-0.15, -0.1) is 0 Å². The molecule has 1 aromatic carbocycles. The minimum Gasteiger partial charge on any atom is -0.435 e. The Morgan fingerprint density at radius 3 is 2.90 bits per heavy atom. The van der Waals surface area contributed by atoms with Crippen LogP contribution < -0.4 is 10.1 Å². The van der Waals surface area contributed by atoms with Crippen LogP contribution in [0.3, 0.4) is 0 Å². The average Bonchev–Trinajstić information content (AvgIpc) is 2.98. The molecule has 0 aliphatic rings. The molecule has 0 fully saturated rings. The molecule has 2 aromatic rings. The van der Waals surface area contributed by atoms with Gasteiger partial charge in [0.2, 0.25) is 0 Å². The Balaban J connectivity index is 2.09.